The van der Waals surface area contributed by atoms with Gasteiger partial charge in [-0.1, -0.05) is 26.0 Å². The van der Waals surface area contributed by atoms with Crippen molar-refractivity contribution in [2.75, 3.05) is 4.31 Å². The number of pyridine rings is 2. The molecule has 0 unspecified atom stereocenters. The van der Waals surface area contributed by atoms with E-state index in [1.165, 1.54) is 0 Å². The van der Waals surface area contributed by atoms with Gasteiger partial charge >= 0.3 is 0 Å². The molecule has 2 aromatic heterocycles. The fourth-order valence-corrected chi connectivity index (χ4v) is 2.24. The SMILES string of the molecule is CC(C)SN(c1ccccn1)c1ccccn1. The van der Waals surface area contributed by atoms with E-state index >= 15 is 0 Å². The van der Waals surface area contributed by atoms with E-state index in [1.54, 1.807) is 24.3 Å². The maximum absolute atomic E-state index is 4.37. The molecule has 88 valence electrons. The van der Waals surface area contributed by atoms with E-state index in [4.69, 9.17) is 0 Å². The Morgan fingerprint density at radius 2 is 1.47 bits per heavy atom. The minimum absolute atomic E-state index is 0.471. The summed E-state index contributed by atoms with van der Waals surface area (Å²) in [6.45, 7) is 4.31. The van der Waals surface area contributed by atoms with E-state index < -0.39 is 0 Å². The molecule has 3 nitrogen and oxygen atoms in total. The van der Waals surface area contributed by atoms with E-state index in [-0.39, 0.29) is 0 Å². The molecule has 0 atom stereocenters. The van der Waals surface area contributed by atoms with Crippen LogP contribution in [0, 0.1) is 0 Å². The van der Waals surface area contributed by atoms with Crippen LogP contribution in [0.4, 0.5) is 11.6 Å². The normalized spacial score (nSPS) is 10.5. The molecule has 0 saturated heterocycles. The lowest BCUT2D eigenvalue weighted by atomic mass is 10.4. The molecule has 0 bridgehead atoms. The van der Waals surface area contributed by atoms with Gasteiger partial charge in [0.05, 0.1) is 0 Å². The van der Waals surface area contributed by atoms with Crippen LogP contribution in [0.25, 0.3) is 0 Å². The van der Waals surface area contributed by atoms with Crippen molar-refractivity contribution in [3.8, 4) is 0 Å². The molecule has 0 aliphatic rings. The highest BCUT2D eigenvalue weighted by Crippen LogP contribution is 2.31. The van der Waals surface area contributed by atoms with Crippen LogP contribution in [0.2, 0.25) is 0 Å². The zero-order valence-electron chi connectivity index (χ0n) is 9.95. The number of anilines is 2. The van der Waals surface area contributed by atoms with Crippen molar-refractivity contribution in [3.63, 3.8) is 0 Å². The van der Waals surface area contributed by atoms with Gasteiger partial charge < -0.3 is 0 Å². The van der Waals surface area contributed by atoms with Crippen molar-refractivity contribution in [3.05, 3.63) is 48.8 Å². The lowest BCUT2D eigenvalue weighted by Crippen LogP contribution is -2.13. The highest BCUT2D eigenvalue weighted by atomic mass is 32.2. The van der Waals surface area contributed by atoms with Crippen LogP contribution in [0.1, 0.15) is 13.8 Å². The van der Waals surface area contributed by atoms with Gasteiger partial charge in [-0.2, -0.15) is 0 Å². The van der Waals surface area contributed by atoms with Crippen LogP contribution >= 0.6 is 11.9 Å². The summed E-state index contributed by atoms with van der Waals surface area (Å²) in [6, 6.07) is 11.8. The standard InChI is InChI=1S/C13H15N3S/c1-11(2)17-16(12-7-3-5-9-14-12)13-8-4-6-10-15-13/h3-11H,1-2H3. The molecule has 0 saturated carbocycles. The van der Waals surface area contributed by atoms with Crippen molar-refractivity contribution in [1.29, 1.82) is 0 Å². The smallest absolute Gasteiger partial charge is 0.144 e. The predicted molar refractivity (Wildman–Crippen MR) is 73.3 cm³/mol. The zero-order valence-corrected chi connectivity index (χ0v) is 10.8. The Morgan fingerprint density at radius 1 is 0.941 bits per heavy atom. The van der Waals surface area contributed by atoms with E-state index in [9.17, 15) is 0 Å². The van der Waals surface area contributed by atoms with Crippen molar-refractivity contribution >= 4 is 23.6 Å². The van der Waals surface area contributed by atoms with Crippen LogP contribution in [0.5, 0.6) is 0 Å². The maximum Gasteiger partial charge on any atom is 0.144 e. The first-order chi connectivity index (χ1) is 8.27. The molecule has 0 fully saturated rings. The van der Waals surface area contributed by atoms with Gasteiger partial charge in [-0.05, 0) is 36.2 Å². The summed E-state index contributed by atoms with van der Waals surface area (Å²) in [4.78, 5) is 8.75. The van der Waals surface area contributed by atoms with Crippen LogP contribution in [-0.2, 0) is 0 Å². The monoisotopic (exact) mass is 245 g/mol. The molecule has 2 aromatic rings. The van der Waals surface area contributed by atoms with Gasteiger partial charge in [0, 0.05) is 17.6 Å². The summed E-state index contributed by atoms with van der Waals surface area (Å²) in [5.74, 6) is 1.81. The van der Waals surface area contributed by atoms with Gasteiger partial charge in [0.15, 0.2) is 0 Å². The summed E-state index contributed by atoms with van der Waals surface area (Å²) >= 11 is 1.71. The number of hydrogen-bond acceptors (Lipinski definition) is 4. The van der Waals surface area contributed by atoms with Gasteiger partial charge in [-0.15, -0.1) is 0 Å². The Kier molecular flexibility index (Phi) is 3.98. The molecule has 0 radical (unpaired) electrons. The highest BCUT2D eigenvalue weighted by molar-refractivity contribution is 8.01. The Balaban J connectivity index is 2.32. The molecule has 0 aliphatic heterocycles. The predicted octanol–water partition coefficient (Wildman–Crippen LogP) is 3.67. The molecule has 0 aliphatic carbocycles. The second-order valence-corrected chi connectivity index (χ2v) is 5.34. The van der Waals surface area contributed by atoms with E-state index in [0.29, 0.717) is 5.25 Å². The summed E-state index contributed by atoms with van der Waals surface area (Å²) in [5.41, 5.74) is 0. The molecular formula is C13H15N3S. The van der Waals surface area contributed by atoms with E-state index in [0.717, 1.165) is 11.6 Å². The maximum atomic E-state index is 4.37. The van der Waals surface area contributed by atoms with Crippen molar-refractivity contribution < 1.29 is 0 Å². The molecule has 17 heavy (non-hydrogen) atoms. The third-order valence-electron chi connectivity index (χ3n) is 2.03. The molecular weight excluding hydrogens is 230 g/mol. The largest absolute Gasteiger partial charge is 0.251 e. The molecule has 4 heteroatoms. The van der Waals surface area contributed by atoms with Crippen LogP contribution in [0.15, 0.2) is 48.8 Å². The minimum atomic E-state index is 0.471. The fraction of sp³-hybridized carbons (Fsp3) is 0.231. The third-order valence-corrected chi connectivity index (χ3v) is 3.04. The first-order valence-electron chi connectivity index (χ1n) is 5.56. The first-order valence-corrected chi connectivity index (χ1v) is 6.40. The van der Waals surface area contributed by atoms with Gasteiger partial charge in [0.25, 0.3) is 0 Å². The van der Waals surface area contributed by atoms with Gasteiger partial charge in [0.1, 0.15) is 11.6 Å². The van der Waals surface area contributed by atoms with Crippen LogP contribution < -0.4 is 4.31 Å². The lowest BCUT2D eigenvalue weighted by molar-refractivity contribution is 1.10. The van der Waals surface area contributed by atoms with Crippen molar-refractivity contribution in [2.24, 2.45) is 0 Å². The lowest BCUT2D eigenvalue weighted by Gasteiger charge is -2.22. The van der Waals surface area contributed by atoms with Crippen molar-refractivity contribution in [1.82, 2.24) is 9.97 Å². The highest BCUT2D eigenvalue weighted by Gasteiger charge is 2.13. The van der Waals surface area contributed by atoms with E-state index in [1.807, 2.05) is 36.4 Å². The van der Waals surface area contributed by atoms with Crippen molar-refractivity contribution in [2.45, 2.75) is 19.1 Å². The Morgan fingerprint density at radius 3 is 1.82 bits per heavy atom. The first kappa shape index (κ1) is 11.9. The Bertz CT molecular complexity index is 405. The van der Waals surface area contributed by atoms with Crippen LogP contribution in [-0.4, -0.2) is 15.2 Å². The number of rotatable bonds is 4. The Labute approximate surface area is 106 Å². The summed E-state index contributed by atoms with van der Waals surface area (Å²) < 4.78 is 2.06. The molecule has 0 aromatic carbocycles. The summed E-state index contributed by atoms with van der Waals surface area (Å²) in [6.07, 6.45) is 3.60. The average Bonchev–Trinajstić information content (AvgIpc) is 2.38. The second-order valence-electron chi connectivity index (χ2n) is 3.82. The average molecular weight is 245 g/mol. The molecule has 0 spiro atoms. The summed E-state index contributed by atoms with van der Waals surface area (Å²) in [7, 11) is 0. The van der Waals surface area contributed by atoms with E-state index in [2.05, 4.69) is 28.1 Å². The molecule has 2 rings (SSSR count). The quantitative estimate of drug-likeness (QED) is 0.768. The Hall–Kier alpha value is -1.55. The topological polar surface area (TPSA) is 29.0 Å². The number of nitrogens with zero attached hydrogens (tertiary/aromatic N) is 3. The van der Waals surface area contributed by atoms with Gasteiger partial charge in [-0.3, -0.25) is 4.31 Å². The fourth-order valence-electron chi connectivity index (χ4n) is 1.38. The van der Waals surface area contributed by atoms with Gasteiger partial charge in [-0.25, -0.2) is 9.97 Å². The molecule has 0 amide bonds. The zero-order chi connectivity index (χ0) is 12.1. The van der Waals surface area contributed by atoms with Gasteiger partial charge in [0.2, 0.25) is 0 Å². The molecule has 2 heterocycles. The third kappa shape index (κ3) is 3.20. The summed E-state index contributed by atoms with van der Waals surface area (Å²) in [5, 5.41) is 0.471. The molecule has 0 N–H and O–H groups in total. The second kappa shape index (κ2) is 5.68. The van der Waals surface area contributed by atoms with Crippen LogP contribution in [0.3, 0.4) is 0 Å². The minimum Gasteiger partial charge on any atom is -0.251 e. The number of hydrogen-bond donors (Lipinski definition) is 0. The number of aromatic nitrogens is 2.